The lowest BCUT2D eigenvalue weighted by molar-refractivity contribution is -0.888. The van der Waals surface area contributed by atoms with E-state index in [0.717, 1.165) is 24.1 Å². The van der Waals surface area contributed by atoms with Crippen LogP contribution >= 0.6 is 0 Å². The van der Waals surface area contributed by atoms with Gasteiger partial charge in [-0.05, 0) is 28.2 Å². The Morgan fingerprint density at radius 1 is 0.938 bits per heavy atom. The van der Waals surface area contributed by atoms with Crippen LogP contribution in [0, 0.1) is 0 Å². The molecule has 0 saturated carbocycles. The minimum absolute atomic E-state index is 1.09. The quantitative estimate of drug-likeness (QED) is 0.553. The molecule has 0 aromatic heterocycles. The number of hydrogen-bond donors (Lipinski definition) is 1. The number of nitrogens with zero attached hydrogens (tertiary/aromatic N) is 3. The molecule has 0 aliphatic carbocycles. The van der Waals surface area contributed by atoms with Gasteiger partial charge >= 0.3 is 0 Å². The maximum absolute atomic E-state index is 3.22. The average molecular weight is 231 g/mol. The smallest absolute Gasteiger partial charge is 0.0912 e. The van der Waals surface area contributed by atoms with Crippen molar-refractivity contribution in [3.8, 4) is 0 Å². The molecule has 1 N–H and O–H groups in total. The Kier molecular flexibility index (Phi) is 7.93. The fourth-order valence-electron chi connectivity index (χ4n) is 1.45. The largest absolute Gasteiger partial charge is 0.326 e. The fourth-order valence-corrected chi connectivity index (χ4v) is 1.45. The van der Waals surface area contributed by atoms with Crippen LogP contribution in [0.4, 0.5) is 0 Å². The highest BCUT2D eigenvalue weighted by molar-refractivity contribution is 4.54. The van der Waals surface area contributed by atoms with Crippen LogP contribution in [0.15, 0.2) is 0 Å². The molecule has 98 valence electrons. The highest BCUT2D eigenvalue weighted by Crippen LogP contribution is 1.96. The molecule has 16 heavy (non-hydrogen) atoms. The lowest BCUT2D eigenvalue weighted by Crippen LogP contribution is -2.48. The minimum atomic E-state index is 1.09. The topological polar surface area (TPSA) is 18.5 Å². The van der Waals surface area contributed by atoms with Crippen LogP contribution in [-0.4, -0.2) is 95.8 Å². The van der Waals surface area contributed by atoms with Crippen molar-refractivity contribution in [1.82, 2.24) is 15.1 Å². The third-order valence-corrected chi connectivity index (χ3v) is 2.98. The summed E-state index contributed by atoms with van der Waals surface area (Å²) in [5, 5.41) is 3.22. The van der Waals surface area contributed by atoms with Crippen molar-refractivity contribution in [2.45, 2.75) is 0 Å². The number of likely N-dealkylation sites (N-methyl/N-ethyl adjacent to an activating group) is 4. The highest BCUT2D eigenvalue weighted by atomic mass is 15.3. The van der Waals surface area contributed by atoms with Gasteiger partial charge in [-0.25, -0.2) is 0 Å². The van der Waals surface area contributed by atoms with E-state index in [4.69, 9.17) is 0 Å². The summed E-state index contributed by atoms with van der Waals surface area (Å²) in [4.78, 5) is 4.65. The molecule has 0 unspecified atom stereocenters. The second kappa shape index (κ2) is 8.01. The van der Waals surface area contributed by atoms with Crippen LogP contribution < -0.4 is 5.32 Å². The van der Waals surface area contributed by atoms with E-state index in [9.17, 15) is 0 Å². The van der Waals surface area contributed by atoms with E-state index in [2.05, 4.69) is 50.4 Å². The van der Waals surface area contributed by atoms with Crippen molar-refractivity contribution in [3.63, 3.8) is 0 Å². The van der Waals surface area contributed by atoms with Crippen LogP contribution in [0.2, 0.25) is 0 Å². The zero-order valence-corrected chi connectivity index (χ0v) is 12.1. The van der Waals surface area contributed by atoms with E-state index in [1.54, 1.807) is 0 Å². The van der Waals surface area contributed by atoms with Crippen molar-refractivity contribution < 1.29 is 4.48 Å². The molecule has 4 heteroatoms. The van der Waals surface area contributed by atoms with Gasteiger partial charge in [0, 0.05) is 26.2 Å². The van der Waals surface area contributed by atoms with Gasteiger partial charge in [-0.2, -0.15) is 0 Å². The summed E-state index contributed by atoms with van der Waals surface area (Å²) >= 11 is 0. The van der Waals surface area contributed by atoms with Crippen molar-refractivity contribution in [1.29, 1.82) is 0 Å². The predicted octanol–water partition coefficient (Wildman–Crippen LogP) is -0.224. The summed E-state index contributed by atoms with van der Waals surface area (Å²) in [6, 6.07) is 0. The molecule has 0 bridgehead atoms. The summed E-state index contributed by atoms with van der Waals surface area (Å²) in [7, 11) is 13.1. The van der Waals surface area contributed by atoms with Gasteiger partial charge in [-0.1, -0.05) is 0 Å². The van der Waals surface area contributed by atoms with Crippen LogP contribution in [-0.2, 0) is 0 Å². The first-order valence-electron chi connectivity index (χ1n) is 6.17. The molecular weight excluding hydrogens is 200 g/mol. The van der Waals surface area contributed by atoms with E-state index >= 15 is 0 Å². The molecule has 0 radical (unpaired) electrons. The average Bonchev–Trinajstić information content (AvgIpc) is 2.21. The normalized spacial score (nSPS) is 12.8. The van der Waals surface area contributed by atoms with Gasteiger partial charge in [-0.15, -0.1) is 0 Å². The molecule has 0 amide bonds. The molecule has 0 aromatic carbocycles. The highest BCUT2D eigenvalue weighted by Gasteiger charge is 2.14. The molecule has 0 saturated heterocycles. The predicted molar refractivity (Wildman–Crippen MR) is 71.8 cm³/mol. The van der Waals surface area contributed by atoms with E-state index in [-0.39, 0.29) is 0 Å². The van der Waals surface area contributed by atoms with Crippen LogP contribution in [0.5, 0.6) is 0 Å². The van der Waals surface area contributed by atoms with Gasteiger partial charge in [0.1, 0.15) is 0 Å². The minimum Gasteiger partial charge on any atom is -0.326 e. The van der Waals surface area contributed by atoms with Crippen molar-refractivity contribution >= 4 is 0 Å². The first-order chi connectivity index (χ1) is 7.37. The van der Waals surface area contributed by atoms with Crippen LogP contribution in [0.3, 0.4) is 0 Å². The maximum Gasteiger partial charge on any atom is 0.0912 e. The van der Waals surface area contributed by atoms with E-state index in [0.29, 0.717) is 0 Å². The molecular formula is C12H31N4+. The zero-order chi connectivity index (χ0) is 12.6. The van der Waals surface area contributed by atoms with Gasteiger partial charge in [0.05, 0.1) is 27.2 Å². The monoisotopic (exact) mass is 231 g/mol. The Balaban J connectivity index is 3.67. The molecule has 0 heterocycles. The molecule has 0 spiro atoms. The number of hydrogen-bond acceptors (Lipinski definition) is 3. The number of nitrogens with one attached hydrogen (secondary N) is 1. The fraction of sp³-hybridized carbons (Fsp3) is 1.00. The molecule has 0 rings (SSSR count). The molecule has 0 aliphatic heterocycles. The summed E-state index contributed by atoms with van der Waals surface area (Å²) in [6.45, 7) is 6.96. The summed E-state index contributed by atoms with van der Waals surface area (Å²) < 4.78 is 1.09. The first kappa shape index (κ1) is 15.8. The number of rotatable bonds is 9. The molecule has 4 nitrogen and oxygen atoms in total. The van der Waals surface area contributed by atoms with Crippen LogP contribution in [0.25, 0.3) is 0 Å². The van der Waals surface area contributed by atoms with Gasteiger partial charge in [0.15, 0.2) is 0 Å². The third-order valence-electron chi connectivity index (χ3n) is 2.98. The van der Waals surface area contributed by atoms with Gasteiger partial charge in [0.2, 0.25) is 0 Å². The van der Waals surface area contributed by atoms with Crippen molar-refractivity contribution in [2.24, 2.45) is 0 Å². The SMILES string of the molecule is CNCC[N+](C)(C)CCN(C)CCN(C)C. The Hall–Kier alpha value is -0.160. The van der Waals surface area contributed by atoms with Gasteiger partial charge < -0.3 is 14.7 Å². The molecule has 0 aliphatic rings. The lowest BCUT2D eigenvalue weighted by Gasteiger charge is -2.31. The summed E-state index contributed by atoms with van der Waals surface area (Å²) in [6.07, 6.45) is 0. The summed E-state index contributed by atoms with van der Waals surface area (Å²) in [5.74, 6) is 0. The zero-order valence-electron chi connectivity index (χ0n) is 12.1. The lowest BCUT2D eigenvalue weighted by atomic mass is 10.4. The van der Waals surface area contributed by atoms with Crippen LogP contribution in [0.1, 0.15) is 0 Å². The first-order valence-corrected chi connectivity index (χ1v) is 6.17. The Morgan fingerprint density at radius 2 is 1.56 bits per heavy atom. The molecule has 0 fully saturated rings. The Morgan fingerprint density at radius 3 is 2.06 bits per heavy atom. The second-order valence-electron chi connectivity index (χ2n) is 5.59. The molecule has 0 atom stereocenters. The Bertz CT molecular complexity index is 168. The van der Waals surface area contributed by atoms with Crippen molar-refractivity contribution in [3.05, 3.63) is 0 Å². The molecule has 0 aromatic rings. The van der Waals surface area contributed by atoms with E-state index < -0.39 is 0 Å². The number of quaternary nitrogens is 1. The summed E-state index contributed by atoms with van der Waals surface area (Å²) in [5.41, 5.74) is 0. The standard InChI is InChI=1S/C12H31N4/c1-13-7-11-16(5,6)12-10-15(4)9-8-14(2)3/h13H,7-12H2,1-6H3/q+1. The van der Waals surface area contributed by atoms with Gasteiger partial charge in [0.25, 0.3) is 0 Å². The third kappa shape index (κ3) is 9.09. The maximum atomic E-state index is 3.22. The van der Waals surface area contributed by atoms with E-state index in [1.807, 2.05) is 7.05 Å². The second-order valence-corrected chi connectivity index (χ2v) is 5.59. The Labute approximate surface area is 102 Å². The van der Waals surface area contributed by atoms with Gasteiger partial charge in [-0.3, -0.25) is 4.90 Å². The van der Waals surface area contributed by atoms with E-state index in [1.165, 1.54) is 19.6 Å². The van der Waals surface area contributed by atoms with Crippen molar-refractivity contribution in [2.75, 3.05) is 81.6 Å².